The van der Waals surface area contributed by atoms with Gasteiger partial charge in [-0.15, -0.1) is 5.10 Å². The maximum Gasteiger partial charge on any atom is 0.408 e. The van der Waals surface area contributed by atoms with E-state index in [2.05, 4.69) is 36.8 Å². The zero-order valence-corrected chi connectivity index (χ0v) is 35.8. The molecule has 0 spiro atoms. The van der Waals surface area contributed by atoms with Crippen LogP contribution in [0.2, 0.25) is 0 Å². The van der Waals surface area contributed by atoms with E-state index in [1.807, 2.05) is 102 Å². The number of anilines is 1. The van der Waals surface area contributed by atoms with Gasteiger partial charge in [0.1, 0.15) is 37.4 Å². The van der Waals surface area contributed by atoms with Crippen molar-refractivity contribution < 1.29 is 43.3 Å². The first-order valence-electron chi connectivity index (χ1n) is 19.0. The first-order valence-corrected chi connectivity index (χ1v) is 20.2. The Morgan fingerprint density at radius 2 is 1.07 bits per heavy atom. The average molecular weight is 844 g/mol. The van der Waals surface area contributed by atoms with Crippen molar-refractivity contribution in [3.8, 4) is 0 Å². The Morgan fingerprint density at radius 3 is 1.41 bits per heavy atom. The number of carbonyl (C=O) groups excluding carboxylic acids is 5. The number of aromatic amines is 1. The highest BCUT2D eigenvalue weighted by Gasteiger charge is 2.31. The molecular formula is C40H57N7O9S2. The number of benzene rings is 2. The van der Waals surface area contributed by atoms with E-state index >= 15 is 0 Å². The molecule has 3 aromatic rings. The molecule has 0 radical (unpaired) electrons. The number of alkyl carbamates (subject to hydrolysis) is 2. The van der Waals surface area contributed by atoms with Crippen LogP contribution in [0.1, 0.15) is 79.4 Å². The lowest BCUT2D eigenvalue weighted by molar-refractivity contribution is -0.143. The standard InChI is InChI=1S/C21H29N5O4S2.C19H28N2O5/c1-12(2)10-15(22-20(29)30-11-14-8-6-5-7-9-14)17(27)23-16(13(3)4)18(28)24-19-25-26-21(31)32-19;1-12(2)10-15(17(22)21-16(13(3)4)18(23)24)20-19(25)26-11-14-8-6-5-7-9-14/h5-9,12-13,15-16H,10-11H2,1-4H3,(H,22,29)(H,23,27)(H,26,31)(H,24,25,28);5-9,12-13,15-16H,10-11H2,1-4H3,(H,20,25)(H,21,22)(H,23,24)/t2*15-,16-/m00/s1. The van der Waals surface area contributed by atoms with Crippen LogP contribution in [-0.4, -0.2) is 75.3 Å². The monoisotopic (exact) mass is 843 g/mol. The Balaban J connectivity index is 0.000000409. The number of ether oxygens (including phenoxy) is 2. The van der Waals surface area contributed by atoms with Gasteiger partial charge < -0.3 is 35.8 Å². The molecule has 4 atom stereocenters. The lowest BCUT2D eigenvalue weighted by Gasteiger charge is -2.25. The quantitative estimate of drug-likeness (QED) is 0.0675. The molecule has 7 N–H and O–H groups in total. The highest BCUT2D eigenvalue weighted by molar-refractivity contribution is 7.73. The number of hydrogen-bond donors (Lipinski definition) is 7. The fourth-order valence-corrected chi connectivity index (χ4v) is 6.03. The molecule has 58 heavy (non-hydrogen) atoms. The van der Waals surface area contributed by atoms with Crippen molar-refractivity contribution >= 4 is 64.6 Å². The summed E-state index contributed by atoms with van der Waals surface area (Å²) in [5.41, 5.74) is 1.67. The number of carbonyl (C=O) groups is 6. The van der Waals surface area contributed by atoms with Gasteiger partial charge in [-0.2, -0.15) is 0 Å². The number of hydrogen-bond acceptors (Lipinski definition) is 11. The Morgan fingerprint density at radius 1 is 0.655 bits per heavy atom. The molecule has 0 saturated carbocycles. The van der Waals surface area contributed by atoms with Gasteiger partial charge in [-0.1, -0.05) is 127 Å². The van der Waals surface area contributed by atoms with E-state index in [1.165, 1.54) is 0 Å². The molecule has 0 aliphatic carbocycles. The van der Waals surface area contributed by atoms with Crippen molar-refractivity contribution in [2.24, 2.45) is 23.7 Å². The van der Waals surface area contributed by atoms with E-state index in [0.29, 0.717) is 21.9 Å². The van der Waals surface area contributed by atoms with Crippen molar-refractivity contribution in [3.05, 3.63) is 75.7 Å². The van der Waals surface area contributed by atoms with E-state index in [9.17, 15) is 33.9 Å². The summed E-state index contributed by atoms with van der Waals surface area (Å²) in [5.74, 6) is -2.73. The van der Waals surface area contributed by atoms with Gasteiger partial charge in [-0.3, -0.25) is 24.8 Å². The molecule has 1 aromatic heterocycles. The van der Waals surface area contributed by atoms with Crippen LogP contribution in [0.3, 0.4) is 0 Å². The molecule has 2 aromatic carbocycles. The SMILES string of the molecule is CC(C)C[C@H](NC(=O)OCc1ccccc1)C(=O)N[C@H](C(=O)Nc1n[nH]c(=S)s1)C(C)C.CC(C)C[C@H](NC(=O)OCc1ccccc1)C(=O)N[C@H](C(=O)O)C(C)C. The fourth-order valence-electron chi connectivity index (χ4n) is 5.24. The predicted molar refractivity (Wildman–Crippen MR) is 223 cm³/mol. The second kappa shape index (κ2) is 25.1. The van der Waals surface area contributed by atoms with Crippen molar-refractivity contribution in [3.63, 3.8) is 0 Å². The molecule has 16 nitrogen and oxygen atoms in total. The van der Waals surface area contributed by atoms with Crippen LogP contribution in [-0.2, 0) is 41.9 Å². The highest BCUT2D eigenvalue weighted by atomic mass is 32.1. The van der Waals surface area contributed by atoms with Crippen molar-refractivity contribution in [2.75, 3.05) is 5.32 Å². The second-order valence-corrected chi connectivity index (χ2v) is 16.6. The summed E-state index contributed by atoms with van der Waals surface area (Å²) in [6.07, 6.45) is -0.654. The zero-order chi connectivity index (χ0) is 43.4. The van der Waals surface area contributed by atoms with Crippen molar-refractivity contribution in [2.45, 2.75) is 106 Å². The summed E-state index contributed by atoms with van der Waals surface area (Å²) in [4.78, 5) is 73.7. The van der Waals surface area contributed by atoms with Crippen molar-refractivity contribution in [1.82, 2.24) is 31.5 Å². The third-order valence-corrected chi connectivity index (χ3v) is 9.21. The fraction of sp³-hybridized carbons (Fsp3) is 0.500. The smallest absolute Gasteiger partial charge is 0.408 e. The largest absolute Gasteiger partial charge is 0.480 e. The number of aliphatic carboxylic acids is 1. The molecule has 1 heterocycles. The van der Waals surface area contributed by atoms with Crippen molar-refractivity contribution in [1.29, 1.82) is 0 Å². The maximum atomic E-state index is 13.0. The molecule has 318 valence electrons. The lowest BCUT2D eigenvalue weighted by atomic mass is 10.00. The summed E-state index contributed by atoms with van der Waals surface area (Å²) < 4.78 is 10.8. The second-order valence-electron chi connectivity index (χ2n) is 15.0. The van der Waals surface area contributed by atoms with Crippen LogP contribution in [0, 0.1) is 27.6 Å². The third kappa shape index (κ3) is 18.7. The summed E-state index contributed by atoms with van der Waals surface area (Å²) in [6.45, 7) is 14.9. The van der Waals surface area contributed by atoms with E-state index in [4.69, 9.17) is 21.7 Å². The van der Waals surface area contributed by atoms with Crippen LogP contribution in [0.25, 0.3) is 0 Å². The molecule has 0 fully saturated rings. The molecule has 0 saturated heterocycles. The van der Waals surface area contributed by atoms with Gasteiger partial charge in [0, 0.05) is 0 Å². The van der Waals surface area contributed by atoms with Gasteiger partial charge in [0.15, 0.2) is 3.95 Å². The number of aromatic nitrogens is 2. The predicted octanol–water partition coefficient (Wildman–Crippen LogP) is 6.17. The average Bonchev–Trinajstić information content (AvgIpc) is 3.57. The van der Waals surface area contributed by atoms with Gasteiger partial charge in [0.2, 0.25) is 22.9 Å². The Labute approximate surface area is 348 Å². The van der Waals surface area contributed by atoms with Gasteiger partial charge in [0.05, 0.1) is 0 Å². The van der Waals surface area contributed by atoms with E-state index in [-0.39, 0.29) is 36.9 Å². The summed E-state index contributed by atoms with van der Waals surface area (Å²) >= 11 is 6.09. The molecule has 18 heteroatoms. The number of carboxylic acid groups (broad SMARTS) is 1. The molecule has 0 unspecified atom stereocenters. The Bertz CT molecular complexity index is 1820. The number of amides is 5. The minimum absolute atomic E-state index is 0.0897. The number of nitrogens with one attached hydrogen (secondary N) is 6. The molecular weight excluding hydrogens is 787 g/mol. The summed E-state index contributed by atoms with van der Waals surface area (Å²) in [7, 11) is 0. The van der Waals surface area contributed by atoms with Crippen LogP contribution >= 0.6 is 23.6 Å². The highest BCUT2D eigenvalue weighted by Crippen LogP contribution is 2.14. The number of nitrogens with zero attached hydrogens (tertiary/aromatic N) is 1. The van der Waals surface area contributed by atoms with Crippen LogP contribution in [0.5, 0.6) is 0 Å². The molecule has 5 amide bonds. The van der Waals surface area contributed by atoms with E-state index in [1.54, 1.807) is 13.8 Å². The maximum absolute atomic E-state index is 13.0. The Hall–Kier alpha value is -5.36. The van der Waals surface area contributed by atoms with Gasteiger partial charge in [0.25, 0.3) is 0 Å². The van der Waals surface area contributed by atoms with Gasteiger partial charge >= 0.3 is 18.2 Å². The Kier molecular flexibility index (Phi) is 21.1. The molecule has 0 aliphatic heterocycles. The lowest BCUT2D eigenvalue weighted by Crippen LogP contribution is -2.54. The molecule has 3 rings (SSSR count). The topological polar surface area (TPSA) is 230 Å². The number of rotatable bonds is 19. The first kappa shape index (κ1) is 48.8. The summed E-state index contributed by atoms with van der Waals surface area (Å²) in [6, 6.07) is 14.9. The van der Waals surface area contributed by atoms with Crippen LogP contribution in [0.4, 0.5) is 14.7 Å². The van der Waals surface area contributed by atoms with E-state index in [0.717, 1.165) is 22.5 Å². The minimum atomic E-state index is -1.11. The third-order valence-electron chi connectivity index (χ3n) is 8.20. The minimum Gasteiger partial charge on any atom is -0.480 e. The van der Waals surface area contributed by atoms with Gasteiger partial charge in [-0.05, 0) is 59.9 Å². The van der Waals surface area contributed by atoms with Crippen LogP contribution in [0.15, 0.2) is 60.7 Å². The number of H-pyrrole nitrogens is 1. The molecule has 0 bridgehead atoms. The normalized spacial score (nSPS) is 13.0. The summed E-state index contributed by atoms with van der Waals surface area (Å²) in [5, 5.41) is 29.1. The zero-order valence-electron chi connectivity index (χ0n) is 34.2. The van der Waals surface area contributed by atoms with E-state index < -0.39 is 60.0 Å². The van der Waals surface area contributed by atoms with Gasteiger partial charge in [-0.25, -0.2) is 14.4 Å². The first-order chi connectivity index (χ1) is 27.4. The molecule has 0 aliphatic rings. The van der Waals surface area contributed by atoms with Crippen LogP contribution < -0.4 is 26.6 Å². The number of carboxylic acids is 1.